The van der Waals surface area contributed by atoms with Crippen LogP contribution < -0.4 is 10.2 Å². The molecule has 1 aromatic carbocycles. The Morgan fingerprint density at radius 2 is 2.28 bits per heavy atom. The molecular formula is C19H21N3O2S. The molecule has 2 amide bonds. The minimum Gasteiger partial charge on any atom is -0.352 e. The molecule has 0 saturated heterocycles. The molecule has 2 heterocycles. The average molecular weight is 355 g/mol. The van der Waals surface area contributed by atoms with Gasteiger partial charge in [0.05, 0.1) is 11.2 Å². The molecule has 25 heavy (non-hydrogen) atoms. The maximum Gasteiger partial charge on any atom is 0.251 e. The lowest BCUT2D eigenvalue weighted by atomic mass is 9.95. The number of hydrogen-bond acceptors (Lipinski definition) is 4. The lowest BCUT2D eigenvalue weighted by Crippen LogP contribution is -2.35. The fourth-order valence-electron chi connectivity index (χ4n) is 3.13. The van der Waals surface area contributed by atoms with Gasteiger partial charge in [0.2, 0.25) is 5.91 Å². The molecule has 3 rings (SSSR count). The van der Waals surface area contributed by atoms with Gasteiger partial charge in [0.15, 0.2) is 0 Å². The molecule has 0 fully saturated rings. The van der Waals surface area contributed by atoms with Gasteiger partial charge >= 0.3 is 0 Å². The third kappa shape index (κ3) is 3.64. The Bertz CT molecular complexity index is 813. The van der Waals surface area contributed by atoms with Gasteiger partial charge in [-0.25, -0.2) is 4.98 Å². The number of fused-ring (bicyclic) bond motifs is 1. The van der Waals surface area contributed by atoms with Crippen molar-refractivity contribution in [2.45, 2.75) is 26.2 Å². The molecule has 0 aliphatic carbocycles. The standard InChI is InChI=1S/C19H21N3O2S/c1-3-18(23)22-11-5-7-14-15(6-4-8-16(14)22)19(24)20-10-9-17-13(2)21-12-25-17/h3-4,6,8,12H,1,5,7,9-11H2,2H3,(H,20,24). The van der Waals surface area contributed by atoms with Gasteiger partial charge < -0.3 is 10.2 Å². The first kappa shape index (κ1) is 17.4. The van der Waals surface area contributed by atoms with Crippen molar-refractivity contribution in [3.8, 4) is 0 Å². The number of hydrogen-bond donors (Lipinski definition) is 1. The van der Waals surface area contributed by atoms with E-state index in [1.807, 2.05) is 30.6 Å². The van der Waals surface area contributed by atoms with Crippen LogP contribution in [0.3, 0.4) is 0 Å². The lowest BCUT2D eigenvalue weighted by molar-refractivity contribution is -0.114. The number of thiazole rings is 1. The van der Waals surface area contributed by atoms with Crippen LogP contribution in [0, 0.1) is 6.92 Å². The van der Waals surface area contributed by atoms with Crippen molar-refractivity contribution in [2.75, 3.05) is 18.0 Å². The van der Waals surface area contributed by atoms with Crippen LogP contribution in [0.25, 0.3) is 0 Å². The first-order valence-electron chi connectivity index (χ1n) is 8.34. The zero-order chi connectivity index (χ0) is 17.8. The molecule has 1 aliphatic rings. The average Bonchev–Trinajstić information content (AvgIpc) is 3.05. The van der Waals surface area contributed by atoms with Gasteiger partial charge in [0.25, 0.3) is 5.91 Å². The lowest BCUT2D eigenvalue weighted by Gasteiger charge is -2.29. The summed E-state index contributed by atoms with van der Waals surface area (Å²) in [6.07, 6.45) is 3.74. The van der Waals surface area contributed by atoms with Crippen LogP contribution in [-0.2, 0) is 17.6 Å². The van der Waals surface area contributed by atoms with E-state index in [2.05, 4.69) is 16.9 Å². The molecular weight excluding hydrogens is 334 g/mol. The maximum atomic E-state index is 12.6. The molecule has 5 nitrogen and oxygen atoms in total. The van der Waals surface area contributed by atoms with Crippen LogP contribution in [0.2, 0.25) is 0 Å². The summed E-state index contributed by atoms with van der Waals surface area (Å²) in [4.78, 5) is 31.8. The Balaban J connectivity index is 1.74. The molecule has 0 bridgehead atoms. The summed E-state index contributed by atoms with van der Waals surface area (Å²) < 4.78 is 0. The number of benzene rings is 1. The van der Waals surface area contributed by atoms with Crippen molar-refractivity contribution in [1.82, 2.24) is 10.3 Å². The number of anilines is 1. The fourth-order valence-corrected chi connectivity index (χ4v) is 3.91. The highest BCUT2D eigenvalue weighted by Gasteiger charge is 2.24. The number of rotatable bonds is 5. The second kappa shape index (κ2) is 7.61. The first-order valence-corrected chi connectivity index (χ1v) is 9.22. The van der Waals surface area contributed by atoms with Gasteiger partial charge in [0, 0.05) is 35.6 Å². The van der Waals surface area contributed by atoms with Gasteiger partial charge in [0.1, 0.15) is 0 Å². The first-order chi connectivity index (χ1) is 12.1. The predicted molar refractivity (Wildman–Crippen MR) is 100 cm³/mol. The quantitative estimate of drug-likeness (QED) is 0.839. The number of carbonyl (C=O) groups is 2. The van der Waals surface area contributed by atoms with E-state index < -0.39 is 0 Å². The number of carbonyl (C=O) groups excluding carboxylic acids is 2. The number of aromatic nitrogens is 1. The number of aryl methyl sites for hydroxylation is 1. The van der Waals surface area contributed by atoms with Gasteiger partial charge in [-0.15, -0.1) is 11.3 Å². The third-order valence-corrected chi connectivity index (χ3v) is 5.41. The monoisotopic (exact) mass is 355 g/mol. The van der Waals surface area contributed by atoms with E-state index in [1.54, 1.807) is 16.2 Å². The zero-order valence-electron chi connectivity index (χ0n) is 14.2. The van der Waals surface area contributed by atoms with Gasteiger partial charge in [-0.1, -0.05) is 12.6 Å². The number of amides is 2. The second-order valence-corrected chi connectivity index (χ2v) is 6.91. The van der Waals surface area contributed by atoms with Crippen LogP contribution in [-0.4, -0.2) is 29.9 Å². The smallest absolute Gasteiger partial charge is 0.251 e. The molecule has 0 saturated carbocycles. The Kier molecular flexibility index (Phi) is 5.28. The predicted octanol–water partition coefficient (Wildman–Crippen LogP) is 2.89. The van der Waals surface area contributed by atoms with Crippen LogP contribution in [0.5, 0.6) is 0 Å². The van der Waals surface area contributed by atoms with Gasteiger partial charge in [-0.3, -0.25) is 9.59 Å². The Hall–Kier alpha value is -2.47. The summed E-state index contributed by atoms with van der Waals surface area (Å²) in [6, 6.07) is 5.55. The summed E-state index contributed by atoms with van der Waals surface area (Å²) in [5.41, 5.74) is 5.26. The molecule has 0 atom stereocenters. The van der Waals surface area contributed by atoms with E-state index in [0.29, 0.717) is 18.7 Å². The van der Waals surface area contributed by atoms with E-state index in [0.717, 1.165) is 36.2 Å². The highest BCUT2D eigenvalue weighted by Crippen LogP contribution is 2.30. The van der Waals surface area contributed by atoms with Crippen LogP contribution in [0.15, 0.2) is 36.4 Å². The molecule has 1 aromatic heterocycles. The van der Waals surface area contributed by atoms with Gasteiger partial charge in [-0.05, 0) is 43.5 Å². The highest BCUT2D eigenvalue weighted by molar-refractivity contribution is 7.09. The van der Waals surface area contributed by atoms with Crippen molar-refractivity contribution in [3.63, 3.8) is 0 Å². The van der Waals surface area contributed by atoms with E-state index in [4.69, 9.17) is 0 Å². The molecule has 1 N–H and O–H groups in total. The molecule has 0 radical (unpaired) electrons. The minimum absolute atomic E-state index is 0.0908. The van der Waals surface area contributed by atoms with E-state index >= 15 is 0 Å². The SMILES string of the molecule is C=CC(=O)N1CCCc2c(C(=O)NCCc3scnc3C)cccc21. The van der Waals surface area contributed by atoms with Crippen molar-refractivity contribution in [3.05, 3.63) is 58.1 Å². The second-order valence-electron chi connectivity index (χ2n) is 5.97. The summed E-state index contributed by atoms with van der Waals surface area (Å²) in [5.74, 6) is -0.217. The molecule has 0 unspecified atom stereocenters. The topological polar surface area (TPSA) is 62.3 Å². The zero-order valence-corrected chi connectivity index (χ0v) is 15.1. The Morgan fingerprint density at radius 3 is 3.00 bits per heavy atom. The van der Waals surface area contributed by atoms with Crippen molar-refractivity contribution >= 4 is 28.8 Å². The van der Waals surface area contributed by atoms with Crippen LogP contribution >= 0.6 is 11.3 Å². The fraction of sp³-hybridized carbons (Fsp3) is 0.316. The summed E-state index contributed by atoms with van der Waals surface area (Å²) >= 11 is 1.61. The third-order valence-electron chi connectivity index (χ3n) is 4.42. The summed E-state index contributed by atoms with van der Waals surface area (Å²) in [6.45, 7) is 6.77. The van der Waals surface area contributed by atoms with E-state index in [-0.39, 0.29) is 11.8 Å². The van der Waals surface area contributed by atoms with Gasteiger partial charge in [-0.2, -0.15) is 0 Å². The van der Waals surface area contributed by atoms with E-state index in [9.17, 15) is 9.59 Å². The van der Waals surface area contributed by atoms with Crippen molar-refractivity contribution < 1.29 is 9.59 Å². The molecule has 6 heteroatoms. The Morgan fingerprint density at radius 1 is 1.44 bits per heavy atom. The highest BCUT2D eigenvalue weighted by atomic mass is 32.1. The normalized spacial score (nSPS) is 13.2. The van der Waals surface area contributed by atoms with E-state index in [1.165, 1.54) is 11.0 Å². The number of nitrogens with one attached hydrogen (secondary N) is 1. The largest absolute Gasteiger partial charge is 0.352 e. The molecule has 130 valence electrons. The minimum atomic E-state index is -0.126. The summed E-state index contributed by atoms with van der Waals surface area (Å²) in [7, 11) is 0. The van der Waals surface area contributed by atoms with Crippen molar-refractivity contribution in [2.24, 2.45) is 0 Å². The maximum absolute atomic E-state index is 12.6. The molecule has 2 aromatic rings. The summed E-state index contributed by atoms with van der Waals surface area (Å²) in [5, 5.41) is 2.99. The van der Waals surface area contributed by atoms with Crippen LogP contribution in [0.4, 0.5) is 5.69 Å². The van der Waals surface area contributed by atoms with Crippen molar-refractivity contribution in [1.29, 1.82) is 0 Å². The number of nitrogens with zero attached hydrogens (tertiary/aromatic N) is 2. The Labute approximate surface area is 151 Å². The van der Waals surface area contributed by atoms with Crippen LogP contribution in [0.1, 0.15) is 32.9 Å². The molecule has 1 aliphatic heterocycles. The molecule has 0 spiro atoms.